The standard InChI is InChI=1S/C17H13N.C9H7N/c1-2-6-14(7-3-1)10-12-16-13-11-15-8-4-5-9-17(15)18-16;1-2-6-9-8(4-1)5-3-7-10-9/h1-13H;1-7H. The maximum Gasteiger partial charge on any atom is 0.0709 e. The SMILES string of the molecule is C(=Cc1ccc2ccccc2n1)c1ccccc1.c1ccc2ncccc2c1. The van der Waals surface area contributed by atoms with E-state index in [1.807, 2.05) is 79.0 Å². The van der Waals surface area contributed by atoms with Crippen molar-refractivity contribution in [3.8, 4) is 0 Å². The highest BCUT2D eigenvalue weighted by Gasteiger charge is 1.94. The Hall–Kier alpha value is -3.78. The molecule has 0 spiro atoms. The summed E-state index contributed by atoms with van der Waals surface area (Å²) in [5.41, 5.74) is 4.27. The first-order valence-corrected chi connectivity index (χ1v) is 9.27. The number of hydrogen-bond acceptors (Lipinski definition) is 2. The number of pyridine rings is 2. The van der Waals surface area contributed by atoms with Crippen LogP contribution in [0.4, 0.5) is 0 Å². The van der Waals surface area contributed by atoms with Crippen LogP contribution in [-0.2, 0) is 0 Å². The Morgan fingerprint density at radius 3 is 1.93 bits per heavy atom. The molecule has 2 heterocycles. The van der Waals surface area contributed by atoms with Gasteiger partial charge < -0.3 is 0 Å². The summed E-state index contributed by atoms with van der Waals surface area (Å²) in [5, 5.41) is 2.37. The van der Waals surface area contributed by atoms with Crippen molar-refractivity contribution >= 4 is 34.0 Å². The maximum absolute atomic E-state index is 4.60. The van der Waals surface area contributed by atoms with E-state index in [9.17, 15) is 0 Å². The third kappa shape index (κ3) is 4.49. The Morgan fingerprint density at radius 1 is 0.500 bits per heavy atom. The van der Waals surface area contributed by atoms with E-state index in [0.29, 0.717) is 0 Å². The molecular formula is C26H20N2. The van der Waals surface area contributed by atoms with Gasteiger partial charge in [0.2, 0.25) is 0 Å². The summed E-state index contributed by atoms with van der Waals surface area (Å²) in [6, 6.07) is 34.6. The fourth-order valence-electron chi connectivity index (χ4n) is 2.94. The number of nitrogens with zero attached hydrogens (tertiary/aromatic N) is 2. The molecule has 0 bridgehead atoms. The fourth-order valence-corrected chi connectivity index (χ4v) is 2.94. The summed E-state index contributed by atoms with van der Waals surface area (Å²) < 4.78 is 0. The molecular weight excluding hydrogens is 340 g/mol. The molecule has 0 aliphatic heterocycles. The third-order valence-electron chi connectivity index (χ3n) is 4.38. The molecule has 3 aromatic carbocycles. The van der Waals surface area contributed by atoms with Gasteiger partial charge in [0, 0.05) is 17.0 Å². The van der Waals surface area contributed by atoms with Crippen molar-refractivity contribution in [2.45, 2.75) is 0 Å². The van der Waals surface area contributed by atoms with E-state index in [1.165, 1.54) is 16.3 Å². The molecule has 0 N–H and O–H groups in total. The van der Waals surface area contributed by atoms with Crippen molar-refractivity contribution < 1.29 is 0 Å². The van der Waals surface area contributed by atoms with Crippen LogP contribution in [0.2, 0.25) is 0 Å². The van der Waals surface area contributed by atoms with Crippen LogP contribution >= 0.6 is 0 Å². The fraction of sp³-hybridized carbons (Fsp3) is 0. The number of rotatable bonds is 2. The molecule has 0 saturated heterocycles. The van der Waals surface area contributed by atoms with Gasteiger partial charge in [-0.25, -0.2) is 4.98 Å². The number of para-hydroxylation sites is 2. The summed E-state index contributed by atoms with van der Waals surface area (Å²) in [6.45, 7) is 0. The van der Waals surface area contributed by atoms with Gasteiger partial charge in [0.15, 0.2) is 0 Å². The maximum atomic E-state index is 4.60. The highest BCUT2D eigenvalue weighted by Crippen LogP contribution is 2.13. The summed E-state index contributed by atoms with van der Waals surface area (Å²) in [4.78, 5) is 8.78. The predicted molar refractivity (Wildman–Crippen MR) is 119 cm³/mol. The lowest BCUT2D eigenvalue weighted by atomic mass is 10.1. The normalized spacial score (nSPS) is 10.7. The van der Waals surface area contributed by atoms with Gasteiger partial charge in [-0.05, 0) is 35.9 Å². The van der Waals surface area contributed by atoms with Gasteiger partial charge in [0.25, 0.3) is 0 Å². The third-order valence-corrected chi connectivity index (χ3v) is 4.38. The number of benzene rings is 3. The average Bonchev–Trinajstić information content (AvgIpc) is 2.79. The van der Waals surface area contributed by atoms with Crippen molar-refractivity contribution in [2.75, 3.05) is 0 Å². The van der Waals surface area contributed by atoms with Crippen LogP contribution in [0.3, 0.4) is 0 Å². The summed E-state index contributed by atoms with van der Waals surface area (Å²) in [6.07, 6.45) is 5.93. The van der Waals surface area contributed by atoms with Crippen LogP contribution < -0.4 is 0 Å². The van der Waals surface area contributed by atoms with Gasteiger partial charge >= 0.3 is 0 Å². The molecule has 28 heavy (non-hydrogen) atoms. The van der Waals surface area contributed by atoms with Gasteiger partial charge in [-0.3, -0.25) is 4.98 Å². The second-order valence-electron chi connectivity index (χ2n) is 6.37. The minimum atomic E-state index is 0.984. The van der Waals surface area contributed by atoms with E-state index < -0.39 is 0 Å². The molecule has 134 valence electrons. The molecule has 2 heteroatoms. The largest absolute Gasteiger partial charge is 0.256 e. The minimum absolute atomic E-state index is 0.984. The van der Waals surface area contributed by atoms with E-state index in [1.54, 1.807) is 0 Å². The molecule has 0 unspecified atom stereocenters. The Bertz CT molecular complexity index is 1150. The molecule has 2 aromatic heterocycles. The van der Waals surface area contributed by atoms with Gasteiger partial charge in [0.1, 0.15) is 0 Å². The van der Waals surface area contributed by atoms with Gasteiger partial charge in [0.05, 0.1) is 16.7 Å². The molecule has 0 amide bonds. The molecule has 2 nitrogen and oxygen atoms in total. The van der Waals surface area contributed by atoms with Crippen molar-refractivity contribution in [1.29, 1.82) is 0 Å². The van der Waals surface area contributed by atoms with Crippen LogP contribution in [-0.4, -0.2) is 9.97 Å². The Labute approximate surface area is 164 Å². The van der Waals surface area contributed by atoms with Crippen LogP contribution in [0.15, 0.2) is 109 Å². The van der Waals surface area contributed by atoms with Gasteiger partial charge in [-0.2, -0.15) is 0 Å². The Morgan fingerprint density at radius 2 is 1.14 bits per heavy atom. The van der Waals surface area contributed by atoms with Crippen molar-refractivity contribution in [3.05, 3.63) is 121 Å². The van der Waals surface area contributed by atoms with Gasteiger partial charge in [-0.15, -0.1) is 0 Å². The summed E-state index contributed by atoms with van der Waals surface area (Å²) >= 11 is 0. The first-order chi connectivity index (χ1) is 13.9. The quantitative estimate of drug-likeness (QED) is 0.353. The van der Waals surface area contributed by atoms with Gasteiger partial charge in [-0.1, -0.05) is 84.9 Å². The first kappa shape index (κ1) is 17.6. The monoisotopic (exact) mass is 360 g/mol. The summed E-state index contributed by atoms with van der Waals surface area (Å²) in [7, 11) is 0. The van der Waals surface area contributed by atoms with Crippen molar-refractivity contribution in [3.63, 3.8) is 0 Å². The lowest BCUT2D eigenvalue weighted by Gasteiger charge is -1.98. The highest BCUT2D eigenvalue weighted by atomic mass is 14.7. The average molecular weight is 360 g/mol. The second kappa shape index (κ2) is 8.74. The molecule has 0 radical (unpaired) electrons. The van der Waals surface area contributed by atoms with Crippen molar-refractivity contribution in [2.24, 2.45) is 0 Å². The lowest BCUT2D eigenvalue weighted by molar-refractivity contribution is 1.37. The van der Waals surface area contributed by atoms with Crippen LogP contribution in [0.1, 0.15) is 11.3 Å². The summed E-state index contributed by atoms with van der Waals surface area (Å²) in [5.74, 6) is 0. The Kier molecular flexibility index (Phi) is 5.50. The smallest absolute Gasteiger partial charge is 0.0709 e. The zero-order valence-electron chi connectivity index (χ0n) is 15.4. The van der Waals surface area contributed by atoms with E-state index in [0.717, 1.165) is 16.7 Å². The molecule has 0 saturated carbocycles. The number of hydrogen-bond donors (Lipinski definition) is 0. The van der Waals surface area contributed by atoms with Crippen LogP contribution in [0, 0.1) is 0 Å². The molecule has 0 atom stereocenters. The van der Waals surface area contributed by atoms with Crippen molar-refractivity contribution in [1.82, 2.24) is 9.97 Å². The molecule has 0 aliphatic carbocycles. The highest BCUT2D eigenvalue weighted by molar-refractivity contribution is 5.81. The van der Waals surface area contributed by atoms with E-state index in [2.05, 4.69) is 52.4 Å². The minimum Gasteiger partial charge on any atom is -0.256 e. The van der Waals surface area contributed by atoms with E-state index in [-0.39, 0.29) is 0 Å². The molecule has 0 aliphatic rings. The Balaban J connectivity index is 0.000000162. The first-order valence-electron chi connectivity index (χ1n) is 9.27. The number of aromatic nitrogens is 2. The number of fused-ring (bicyclic) bond motifs is 2. The topological polar surface area (TPSA) is 25.8 Å². The molecule has 0 fully saturated rings. The zero-order chi connectivity index (χ0) is 19.0. The second-order valence-corrected chi connectivity index (χ2v) is 6.37. The lowest BCUT2D eigenvalue weighted by Crippen LogP contribution is -1.82. The van der Waals surface area contributed by atoms with E-state index >= 15 is 0 Å². The van der Waals surface area contributed by atoms with Crippen LogP contribution in [0.5, 0.6) is 0 Å². The zero-order valence-corrected chi connectivity index (χ0v) is 15.4. The van der Waals surface area contributed by atoms with Crippen LogP contribution in [0.25, 0.3) is 34.0 Å². The molecule has 5 aromatic rings. The van der Waals surface area contributed by atoms with E-state index in [4.69, 9.17) is 0 Å². The predicted octanol–water partition coefficient (Wildman–Crippen LogP) is 6.64. The molecule has 5 rings (SSSR count).